The number of carbonyl (C=O) groups is 1. The number of nitrogens with one attached hydrogen (secondary N) is 1. The molecule has 0 saturated heterocycles. The smallest absolute Gasteiger partial charge is 0.272 e. The first-order valence-corrected chi connectivity index (χ1v) is 14.1. The number of benzene rings is 3. The van der Waals surface area contributed by atoms with Crippen molar-refractivity contribution in [1.29, 1.82) is 0 Å². The van der Waals surface area contributed by atoms with Gasteiger partial charge in [0.2, 0.25) is 5.91 Å². The molecular formula is C32H29N2O3P. The summed E-state index contributed by atoms with van der Waals surface area (Å²) < 4.78 is 13.3. The van der Waals surface area contributed by atoms with Crippen molar-refractivity contribution in [2.24, 2.45) is 5.41 Å². The van der Waals surface area contributed by atoms with Crippen LogP contribution in [0.15, 0.2) is 87.3 Å². The van der Waals surface area contributed by atoms with Crippen molar-refractivity contribution < 1.29 is 13.2 Å². The molecule has 1 aliphatic rings. The van der Waals surface area contributed by atoms with Crippen LogP contribution < -0.4 is 5.32 Å². The Kier molecular flexibility index (Phi) is 6.17. The molecule has 2 aromatic heterocycles. The Bertz CT molecular complexity index is 1810. The molecule has 2 heterocycles. The number of anilines is 1. The van der Waals surface area contributed by atoms with Gasteiger partial charge in [-0.1, -0.05) is 87.5 Å². The average molecular weight is 521 g/mol. The number of aromatic nitrogens is 1. The number of nitrogens with zero attached hydrogens (tertiary/aromatic N) is 1. The van der Waals surface area contributed by atoms with Crippen molar-refractivity contribution in [2.45, 2.75) is 33.6 Å². The summed E-state index contributed by atoms with van der Waals surface area (Å²) >= 11 is 0. The molecule has 190 valence electrons. The number of amides is 1. The quantitative estimate of drug-likeness (QED) is 0.256. The molecule has 0 saturated carbocycles. The van der Waals surface area contributed by atoms with E-state index in [0.717, 1.165) is 56.7 Å². The van der Waals surface area contributed by atoms with Crippen LogP contribution in [-0.4, -0.2) is 10.9 Å². The second-order valence-electron chi connectivity index (χ2n) is 10.2. The number of hydrogen-bond donors (Lipinski definition) is 1. The lowest BCUT2D eigenvalue weighted by atomic mass is 9.89. The Morgan fingerprint density at radius 3 is 2.53 bits per heavy atom. The minimum absolute atomic E-state index is 0.0650. The lowest BCUT2D eigenvalue weighted by Gasteiger charge is -2.21. The van der Waals surface area contributed by atoms with E-state index in [1.807, 2.05) is 51.1 Å². The first-order valence-electron chi connectivity index (χ1n) is 12.9. The third-order valence-corrected chi connectivity index (χ3v) is 8.61. The molecule has 1 unspecified atom stereocenters. The van der Waals surface area contributed by atoms with Gasteiger partial charge in [0.15, 0.2) is 5.44 Å². The summed E-state index contributed by atoms with van der Waals surface area (Å²) in [5.74, 6) is 0.423. The van der Waals surface area contributed by atoms with Crippen LogP contribution in [0.3, 0.4) is 0 Å². The molecule has 6 rings (SSSR count). The van der Waals surface area contributed by atoms with Crippen molar-refractivity contribution in [1.82, 2.24) is 4.98 Å². The zero-order chi connectivity index (χ0) is 26.3. The van der Waals surface area contributed by atoms with Crippen LogP contribution in [0, 0.1) is 5.41 Å². The van der Waals surface area contributed by atoms with Gasteiger partial charge in [0, 0.05) is 16.2 Å². The van der Waals surface area contributed by atoms with E-state index in [-0.39, 0.29) is 5.91 Å². The van der Waals surface area contributed by atoms with Crippen LogP contribution in [-0.2, 0) is 4.79 Å². The highest BCUT2D eigenvalue weighted by Gasteiger charge is 2.26. The van der Waals surface area contributed by atoms with Gasteiger partial charge in [0.05, 0.1) is 0 Å². The van der Waals surface area contributed by atoms with Gasteiger partial charge in [0.25, 0.3) is 8.01 Å². The molecule has 6 heteroatoms. The highest BCUT2D eigenvalue weighted by molar-refractivity contribution is 7.45. The summed E-state index contributed by atoms with van der Waals surface area (Å²) in [6.07, 6.45) is 10.3. The fourth-order valence-electron chi connectivity index (χ4n) is 4.65. The van der Waals surface area contributed by atoms with Crippen LogP contribution in [0.2, 0.25) is 0 Å². The zero-order valence-corrected chi connectivity index (χ0v) is 22.6. The molecule has 0 radical (unpaired) electrons. The number of fused-ring (bicyclic) bond motifs is 7. The number of hydrogen-bond acceptors (Lipinski definition) is 4. The van der Waals surface area contributed by atoms with Gasteiger partial charge in [-0.25, -0.2) is 4.98 Å². The van der Waals surface area contributed by atoms with Crippen molar-refractivity contribution in [3.05, 3.63) is 90.0 Å². The standard InChI is InChI=1S/C32H29N2O3P/c1-4-32(2,3)31(35)34-27-15-10-16-28(33-27)38-36-25-19-17-21-11-6-5-7-13-23(21)29(25)30-24-14-9-8-12-22(24)18-20-26(30)37-38/h6-20H,4-5H2,1-3H3,(H,33,34,35). The van der Waals surface area contributed by atoms with Gasteiger partial charge < -0.3 is 13.7 Å². The molecule has 3 aromatic carbocycles. The van der Waals surface area contributed by atoms with Gasteiger partial charge in [-0.05, 0) is 59.0 Å². The Morgan fingerprint density at radius 1 is 0.921 bits per heavy atom. The number of pyridine rings is 1. The fourth-order valence-corrected chi connectivity index (χ4v) is 5.93. The van der Waals surface area contributed by atoms with E-state index in [4.69, 9.17) is 13.4 Å². The second kappa shape index (κ2) is 9.66. The van der Waals surface area contributed by atoms with Crippen LogP contribution in [0.25, 0.3) is 50.3 Å². The minimum atomic E-state index is -1.62. The molecule has 5 nitrogen and oxygen atoms in total. The maximum atomic E-state index is 12.8. The summed E-state index contributed by atoms with van der Waals surface area (Å²) in [4.78, 5) is 17.6. The largest absolute Gasteiger partial charge is 0.415 e. The predicted molar refractivity (Wildman–Crippen MR) is 158 cm³/mol. The monoisotopic (exact) mass is 520 g/mol. The molecule has 0 aliphatic heterocycles. The van der Waals surface area contributed by atoms with Gasteiger partial charge >= 0.3 is 0 Å². The highest BCUT2D eigenvalue weighted by atomic mass is 31.1. The maximum Gasteiger partial charge on any atom is 0.272 e. The van der Waals surface area contributed by atoms with E-state index in [0.29, 0.717) is 11.3 Å². The number of carbonyl (C=O) groups excluding carboxylic acids is 1. The van der Waals surface area contributed by atoms with Crippen LogP contribution in [0.1, 0.15) is 44.7 Å². The lowest BCUT2D eigenvalue weighted by molar-refractivity contribution is -0.124. The van der Waals surface area contributed by atoms with Crippen molar-refractivity contribution in [3.8, 4) is 5.44 Å². The summed E-state index contributed by atoms with van der Waals surface area (Å²) in [6.45, 7) is 5.86. The Balaban J connectivity index is 1.63. The molecule has 0 bridgehead atoms. The molecular weight excluding hydrogens is 491 g/mol. The van der Waals surface area contributed by atoms with Crippen LogP contribution in [0.5, 0.6) is 0 Å². The zero-order valence-electron chi connectivity index (χ0n) is 21.7. The highest BCUT2D eigenvalue weighted by Crippen LogP contribution is 2.45. The Hall–Kier alpha value is -4.08. The second-order valence-corrected chi connectivity index (χ2v) is 11.5. The van der Waals surface area contributed by atoms with Gasteiger partial charge in [0.1, 0.15) is 17.0 Å². The van der Waals surface area contributed by atoms with E-state index in [1.165, 1.54) is 0 Å². The Labute approximate surface area is 222 Å². The van der Waals surface area contributed by atoms with E-state index < -0.39 is 13.4 Å². The van der Waals surface area contributed by atoms with E-state index in [1.54, 1.807) is 6.07 Å². The first-order chi connectivity index (χ1) is 18.4. The fraction of sp³-hybridized carbons (Fsp3) is 0.188. The van der Waals surface area contributed by atoms with Gasteiger partial charge in [-0.2, -0.15) is 0 Å². The normalized spacial score (nSPS) is 13.5. The van der Waals surface area contributed by atoms with Crippen molar-refractivity contribution in [3.63, 3.8) is 0 Å². The topological polar surface area (TPSA) is 68.3 Å². The summed E-state index contributed by atoms with van der Waals surface area (Å²) in [7, 11) is -1.62. The van der Waals surface area contributed by atoms with Crippen LogP contribution in [0.4, 0.5) is 5.82 Å². The number of allylic oxidation sites excluding steroid dienone is 2. The lowest BCUT2D eigenvalue weighted by Crippen LogP contribution is -2.30. The SMILES string of the molecule is CCC(C)(C)C(=O)Nc1cccc(-p2oc3ccc4c(c3c3c(ccc5ccccc53)o2)C=CCC=C4)n1. The molecule has 1 atom stereocenters. The molecule has 1 amide bonds. The molecule has 38 heavy (non-hydrogen) atoms. The van der Waals surface area contributed by atoms with Gasteiger partial charge in [-0.3, -0.25) is 4.79 Å². The van der Waals surface area contributed by atoms with E-state index in [9.17, 15) is 4.79 Å². The van der Waals surface area contributed by atoms with E-state index in [2.05, 4.69) is 60.0 Å². The van der Waals surface area contributed by atoms with Crippen molar-refractivity contribution >= 4 is 64.6 Å². The first kappa shape index (κ1) is 24.3. The van der Waals surface area contributed by atoms with Crippen LogP contribution >= 0.6 is 8.01 Å². The molecule has 0 spiro atoms. The minimum Gasteiger partial charge on any atom is -0.415 e. The third-order valence-electron chi connectivity index (χ3n) is 7.26. The van der Waals surface area contributed by atoms with Crippen molar-refractivity contribution in [2.75, 3.05) is 5.32 Å². The summed E-state index contributed by atoms with van der Waals surface area (Å²) in [5, 5.41) is 7.26. The molecule has 1 N–H and O–H groups in total. The average Bonchev–Trinajstić information content (AvgIpc) is 3.28. The number of rotatable bonds is 4. The van der Waals surface area contributed by atoms with E-state index >= 15 is 0 Å². The predicted octanol–water partition coefficient (Wildman–Crippen LogP) is 9.63. The summed E-state index contributed by atoms with van der Waals surface area (Å²) in [5.41, 5.74) is 3.93. The molecule has 5 aromatic rings. The maximum absolute atomic E-state index is 12.8. The Morgan fingerprint density at radius 2 is 1.68 bits per heavy atom. The molecule has 1 aliphatic carbocycles. The third kappa shape index (κ3) is 4.33. The van der Waals surface area contributed by atoms with Gasteiger partial charge in [-0.15, -0.1) is 0 Å². The summed E-state index contributed by atoms with van der Waals surface area (Å²) in [6, 6.07) is 22.2. The molecule has 0 fully saturated rings.